The molecule has 1 amide bonds. The summed E-state index contributed by atoms with van der Waals surface area (Å²) in [4.78, 5) is 14.3. The molecule has 1 atom stereocenters. The fourth-order valence-electron chi connectivity index (χ4n) is 3.55. The Hall–Kier alpha value is -0.610. The number of likely N-dealkylation sites (tertiary alicyclic amines) is 1. The molecule has 0 bridgehead atoms. The molecule has 0 aromatic rings. The van der Waals surface area contributed by atoms with Crippen LogP contribution in [0.4, 0.5) is 0 Å². The molecule has 0 spiro atoms. The van der Waals surface area contributed by atoms with Gasteiger partial charge in [-0.1, -0.05) is 25.7 Å². The van der Waals surface area contributed by atoms with Crippen LogP contribution in [-0.2, 0) is 4.79 Å². The molecule has 1 aliphatic heterocycles. The lowest BCUT2D eigenvalue weighted by atomic mass is 9.87. The average Bonchev–Trinajstić information content (AvgIpc) is 2.72. The van der Waals surface area contributed by atoms with E-state index in [1.807, 2.05) is 0 Å². The largest absolute Gasteiger partial charge is 0.368 e. The van der Waals surface area contributed by atoms with Crippen LogP contribution in [0.15, 0.2) is 0 Å². The average molecular weight is 267 g/mol. The molecule has 1 unspecified atom stereocenters. The number of nitrogens with one attached hydrogen (secondary N) is 1. The van der Waals surface area contributed by atoms with Crippen molar-refractivity contribution in [3.05, 3.63) is 0 Å². The fraction of sp³-hybridized carbons (Fsp3) is 0.933. The first-order valence-electron chi connectivity index (χ1n) is 7.88. The quantitative estimate of drug-likeness (QED) is 0.764. The zero-order valence-corrected chi connectivity index (χ0v) is 12.3. The second kappa shape index (κ2) is 6.71. The highest BCUT2D eigenvalue weighted by Gasteiger charge is 2.39. The number of primary amides is 1. The zero-order chi connectivity index (χ0) is 13.7. The third-order valence-corrected chi connectivity index (χ3v) is 4.87. The number of amides is 1. The van der Waals surface area contributed by atoms with Gasteiger partial charge in [0.2, 0.25) is 5.91 Å². The predicted molar refractivity (Wildman–Crippen MR) is 77.9 cm³/mol. The van der Waals surface area contributed by atoms with Gasteiger partial charge in [-0.3, -0.25) is 4.79 Å². The summed E-state index contributed by atoms with van der Waals surface area (Å²) in [5.41, 5.74) is 5.29. The molecule has 2 aliphatic rings. The molecule has 2 fully saturated rings. The molecular weight excluding hydrogens is 238 g/mol. The van der Waals surface area contributed by atoms with Crippen LogP contribution in [0.1, 0.15) is 57.8 Å². The van der Waals surface area contributed by atoms with Gasteiger partial charge in [0.05, 0.1) is 5.54 Å². The Labute approximate surface area is 117 Å². The van der Waals surface area contributed by atoms with Crippen molar-refractivity contribution in [3.63, 3.8) is 0 Å². The van der Waals surface area contributed by atoms with E-state index in [1.54, 1.807) is 0 Å². The first kappa shape index (κ1) is 14.8. The predicted octanol–water partition coefficient (Wildman–Crippen LogP) is 1.64. The minimum absolute atomic E-state index is 0.146. The number of rotatable bonds is 3. The Balaban J connectivity index is 2.03. The Morgan fingerprint density at radius 2 is 1.79 bits per heavy atom. The lowest BCUT2D eigenvalue weighted by Crippen LogP contribution is -2.59. The van der Waals surface area contributed by atoms with Crippen LogP contribution in [-0.4, -0.2) is 42.5 Å². The Bertz CT molecular complexity index is 300. The summed E-state index contributed by atoms with van der Waals surface area (Å²) in [6.07, 6.45) is 10.4. The summed E-state index contributed by atoms with van der Waals surface area (Å²) in [5, 5.41) is 3.67. The van der Waals surface area contributed by atoms with E-state index in [1.165, 1.54) is 38.5 Å². The van der Waals surface area contributed by atoms with Gasteiger partial charge in [0.15, 0.2) is 0 Å². The van der Waals surface area contributed by atoms with Crippen molar-refractivity contribution in [3.8, 4) is 0 Å². The maximum absolute atomic E-state index is 12.0. The van der Waals surface area contributed by atoms with Gasteiger partial charge in [-0.25, -0.2) is 0 Å². The van der Waals surface area contributed by atoms with Crippen molar-refractivity contribution >= 4 is 5.91 Å². The van der Waals surface area contributed by atoms with Crippen molar-refractivity contribution in [2.75, 3.05) is 20.1 Å². The summed E-state index contributed by atoms with van der Waals surface area (Å²) in [7, 11) is 2.13. The molecule has 0 radical (unpaired) electrons. The lowest BCUT2D eigenvalue weighted by Gasteiger charge is -2.35. The van der Waals surface area contributed by atoms with Gasteiger partial charge in [-0.05, 0) is 45.7 Å². The lowest BCUT2D eigenvalue weighted by molar-refractivity contribution is -0.125. The first-order valence-corrected chi connectivity index (χ1v) is 7.88. The molecule has 1 saturated heterocycles. The third kappa shape index (κ3) is 3.93. The van der Waals surface area contributed by atoms with Crippen molar-refractivity contribution in [1.82, 2.24) is 10.2 Å². The van der Waals surface area contributed by atoms with Gasteiger partial charge >= 0.3 is 0 Å². The number of nitrogens with zero attached hydrogens (tertiary/aromatic N) is 1. The van der Waals surface area contributed by atoms with Crippen LogP contribution in [0.2, 0.25) is 0 Å². The highest BCUT2D eigenvalue weighted by molar-refractivity contribution is 5.84. The molecule has 3 N–H and O–H groups in total. The van der Waals surface area contributed by atoms with E-state index < -0.39 is 5.54 Å². The fourth-order valence-corrected chi connectivity index (χ4v) is 3.55. The maximum atomic E-state index is 12.0. The zero-order valence-electron chi connectivity index (χ0n) is 12.3. The minimum atomic E-state index is -0.459. The van der Waals surface area contributed by atoms with Crippen LogP contribution in [0.5, 0.6) is 0 Å². The van der Waals surface area contributed by atoms with Crippen LogP contribution < -0.4 is 11.1 Å². The molecule has 2 rings (SSSR count). The highest BCUT2D eigenvalue weighted by atomic mass is 16.1. The molecule has 1 heterocycles. The number of carbonyl (C=O) groups excluding carboxylic acids is 1. The SMILES string of the molecule is CN1CCCC(NC2CCCCCC2)(C(N)=O)CC1. The third-order valence-electron chi connectivity index (χ3n) is 4.87. The number of nitrogens with two attached hydrogens (primary N) is 1. The Kier molecular flexibility index (Phi) is 5.22. The molecule has 4 nitrogen and oxygen atoms in total. The van der Waals surface area contributed by atoms with E-state index in [2.05, 4.69) is 17.3 Å². The topological polar surface area (TPSA) is 58.4 Å². The molecular formula is C15H29N3O. The van der Waals surface area contributed by atoms with E-state index in [0.717, 1.165) is 32.4 Å². The van der Waals surface area contributed by atoms with Crippen molar-refractivity contribution in [1.29, 1.82) is 0 Å². The van der Waals surface area contributed by atoms with E-state index in [0.29, 0.717) is 6.04 Å². The highest BCUT2D eigenvalue weighted by Crippen LogP contribution is 2.26. The summed E-state index contributed by atoms with van der Waals surface area (Å²) in [6.45, 7) is 2.03. The molecule has 0 aromatic heterocycles. The molecule has 0 aromatic carbocycles. The monoisotopic (exact) mass is 267 g/mol. The van der Waals surface area contributed by atoms with Gasteiger partial charge in [0.1, 0.15) is 0 Å². The van der Waals surface area contributed by atoms with Gasteiger partial charge in [-0.15, -0.1) is 0 Å². The molecule has 110 valence electrons. The van der Waals surface area contributed by atoms with Crippen LogP contribution in [0.3, 0.4) is 0 Å². The molecule has 19 heavy (non-hydrogen) atoms. The number of hydrogen-bond donors (Lipinski definition) is 2. The molecule has 4 heteroatoms. The van der Waals surface area contributed by atoms with E-state index in [4.69, 9.17) is 5.73 Å². The maximum Gasteiger partial charge on any atom is 0.237 e. The smallest absolute Gasteiger partial charge is 0.237 e. The number of hydrogen-bond acceptors (Lipinski definition) is 3. The van der Waals surface area contributed by atoms with E-state index in [-0.39, 0.29) is 5.91 Å². The Morgan fingerprint density at radius 3 is 2.42 bits per heavy atom. The number of carbonyl (C=O) groups is 1. The minimum Gasteiger partial charge on any atom is -0.368 e. The Morgan fingerprint density at radius 1 is 1.11 bits per heavy atom. The summed E-state index contributed by atoms with van der Waals surface area (Å²) >= 11 is 0. The van der Waals surface area contributed by atoms with Crippen LogP contribution in [0, 0.1) is 0 Å². The van der Waals surface area contributed by atoms with Crippen LogP contribution in [0.25, 0.3) is 0 Å². The van der Waals surface area contributed by atoms with Gasteiger partial charge < -0.3 is 16.0 Å². The van der Waals surface area contributed by atoms with E-state index >= 15 is 0 Å². The van der Waals surface area contributed by atoms with Crippen LogP contribution >= 0.6 is 0 Å². The van der Waals surface area contributed by atoms with E-state index in [9.17, 15) is 4.79 Å². The first-order chi connectivity index (χ1) is 9.12. The molecule has 1 aliphatic carbocycles. The van der Waals surface area contributed by atoms with Crippen molar-refractivity contribution < 1.29 is 4.79 Å². The summed E-state index contributed by atoms with van der Waals surface area (Å²) < 4.78 is 0. The van der Waals surface area contributed by atoms with Gasteiger partial charge in [0, 0.05) is 12.6 Å². The van der Waals surface area contributed by atoms with Gasteiger partial charge in [-0.2, -0.15) is 0 Å². The second-order valence-electron chi connectivity index (χ2n) is 6.44. The van der Waals surface area contributed by atoms with Crippen molar-refractivity contribution in [2.45, 2.75) is 69.4 Å². The van der Waals surface area contributed by atoms with Crippen molar-refractivity contribution in [2.24, 2.45) is 5.73 Å². The summed E-state index contributed by atoms with van der Waals surface area (Å²) in [5.74, 6) is -0.146. The standard InChI is InChI=1S/C15H29N3O/c1-18-11-6-9-15(10-12-18,14(16)19)17-13-7-4-2-3-5-8-13/h13,17H,2-12H2,1H3,(H2,16,19). The molecule has 1 saturated carbocycles. The normalized spacial score (nSPS) is 31.6. The second-order valence-corrected chi connectivity index (χ2v) is 6.44. The van der Waals surface area contributed by atoms with Gasteiger partial charge in [0.25, 0.3) is 0 Å². The summed E-state index contributed by atoms with van der Waals surface area (Å²) in [6, 6.07) is 0.485.